The van der Waals surface area contributed by atoms with Crippen molar-refractivity contribution in [3.8, 4) is 0 Å². The van der Waals surface area contributed by atoms with Crippen LogP contribution in [0.15, 0.2) is 42.5 Å². The molecule has 2 heterocycles. The number of nitrogens with zero attached hydrogens (tertiary/aromatic N) is 2. The Kier molecular flexibility index (Phi) is 3.18. The van der Waals surface area contributed by atoms with Crippen LogP contribution in [-0.4, -0.2) is 16.8 Å². The molecule has 0 spiro atoms. The van der Waals surface area contributed by atoms with E-state index in [0.717, 1.165) is 5.56 Å². The van der Waals surface area contributed by atoms with Crippen LogP contribution < -0.4 is 4.90 Å². The Balaban J connectivity index is 1.98. The Morgan fingerprint density at radius 1 is 0.917 bits per heavy atom. The van der Waals surface area contributed by atoms with E-state index in [4.69, 9.17) is 11.6 Å². The third kappa shape index (κ3) is 2.03. The maximum Gasteiger partial charge on any atom is 0.268 e. The standard InChI is InChI=1S/C19H13ClN2O2/c1-10-3-6-13(7-4-10)22-18(23)16-11(2)21-15-8-5-12(20)9-14(15)17(16)19(22)24/h3-9H,1-2H3. The fourth-order valence-corrected chi connectivity index (χ4v) is 3.26. The summed E-state index contributed by atoms with van der Waals surface area (Å²) in [6.45, 7) is 3.70. The average molecular weight is 337 g/mol. The quantitative estimate of drug-likeness (QED) is 0.622. The van der Waals surface area contributed by atoms with Crippen molar-refractivity contribution in [3.63, 3.8) is 0 Å². The van der Waals surface area contributed by atoms with E-state index in [2.05, 4.69) is 4.98 Å². The predicted octanol–water partition coefficient (Wildman–Crippen LogP) is 4.31. The van der Waals surface area contributed by atoms with E-state index in [1.165, 1.54) is 4.90 Å². The van der Waals surface area contributed by atoms with Gasteiger partial charge in [-0.2, -0.15) is 0 Å². The smallest absolute Gasteiger partial charge is 0.268 e. The summed E-state index contributed by atoms with van der Waals surface area (Å²) in [6, 6.07) is 12.5. The first-order chi connectivity index (χ1) is 11.5. The molecule has 3 aromatic rings. The lowest BCUT2D eigenvalue weighted by Gasteiger charge is -2.13. The van der Waals surface area contributed by atoms with E-state index < -0.39 is 0 Å². The molecule has 0 atom stereocenters. The van der Waals surface area contributed by atoms with Crippen LogP contribution in [-0.2, 0) is 0 Å². The van der Waals surface area contributed by atoms with Crippen molar-refractivity contribution in [2.45, 2.75) is 13.8 Å². The second-order valence-electron chi connectivity index (χ2n) is 5.89. The lowest BCUT2D eigenvalue weighted by Crippen LogP contribution is -2.29. The number of halogens is 1. The molecule has 1 aromatic heterocycles. The zero-order valence-corrected chi connectivity index (χ0v) is 13.9. The molecule has 0 bridgehead atoms. The highest BCUT2D eigenvalue weighted by Crippen LogP contribution is 2.35. The van der Waals surface area contributed by atoms with E-state index >= 15 is 0 Å². The molecule has 0 fully saturated rings. The summed E-state index contributed by atoms with van der Waals surface area (Å²) >= 11 is 6.08. The second kappa shape index (κ2) is 5.14. The largest absolute Gasteiger partial charge is 0.268 e. The second-order valence-corrected chi connectivity index (χ2v) is 6.33. The Labute approximate surface area is 143 Å². The molecule has 5 heteroatoms. The molecule has 0 aliphatic carbocycles. The average Bonchev–Trinajstić information content (AvgIpc) is 2.81. The first-order valence-corrected chi connectivity index (χ1v) is 7.90. The van der Waals surface area contributed by atoms with Gasteiger partial charge in [-0.05, 0) is 44.2 Å². The van der Waals surface area contributed by atoms with Gasteiger partial charge in [-0.1, -0.05) is 29.3 Å². The molecule has 24 heavy (non-hydrogen) atoms. The SMILES string of the molecule is Cc1ccc(N2C(=O)c3c(C)nc4ccc(Cl)cc4c3C2=O)cc1. The van der Waals surface area contributed by atoms with E-state index in [1.807, 2.05) is 19.1 Å². The zero-order valence-electron chi connectivity index (χ0n) is 13.1. The molecular weight excluding hydrogens is 324 g/mol. The fourth-order valence-electron chi connectivity index (χ4n) is 3.09. The number of aromatic nitrogens is 1. The summed E-state index contributed by atoms with van der Waals surface area (Å²) in [5.41, 5.74) is 3.56. The van der Waals surface area contributed by atoms with Gasteiger partial charge in [-0.25, -0.2) is 4.90 Å². The minimum Gasteiger partial charge on any atom is -0.268 e. The highest BCUT2D eigenvalue weighted by atomic mass is 35.5. The van der Waals surface area contributed by atoms with Crippen LogP contribution in [0, 0.1) is 13.8 Å². The number of benzene rings is 2. The number of hydrogen-bond donors (Lipinski definition) is 0. The van der Waals surface area contributed by atoms with Gasteiger partial charge in [0, 0.05) is 10.4 Å². The highest BCUT2D eigenvalue weighted by Gasteiger charge is 2.40. The van der Waals surface area contributed by atoms with Crippen molar-refractivity contribution >= 4 is 40.0 Å². The molecule has 1 aliphatic rings. The Hall–Kier alpha value is -2.72. The van der Waals surface area contributed by atoms with Crippen LogP contribution in [0.2, 0.25) is 5.02 Å². The van der Waals surface area contributed by atoms with Crippen LogP contribution in [0.4, 0.5) is 5.69 Å². The first kappa shape index (κ1) is 14.8. The Morgan fingerprint density at radius 2 is 1.58 bits per heavy atom. The number of aryl methyl sites for hydroxylation is 2. The predicted molar refractivity (Wildman–Crippen MR) is 93.8 cm³/mol. The minimum atomic E-state index is -0.342. The van der Waals surface area contributed by atoms with Crippen molar-refractivity contribution in [2.75, 3.05) is 4.90 Å². The summed E-state index contributed by atoms with van der Waals surface area (Å²) in [5, 5.41) is 1.11. The van der Waals surface area contributed by atoms with E-state index in [1.54, 1.807) is 37.3 Å². The summed E-state index contributed by atoms with van der Waals surface area (Å²) in [7, 11) is 0. The molecule has 0 N–H and O–H groups in total. The van der Waals surface area contributed by atoms with Gasteiger partial charge < -0.3 is 0 Å². The van der Waals surface area contributed by atoms with Gasteiger partial charge in [0.2, 0.25) is 0 Å². The lowest BCUT2D eigenvalue weighted by molar-refractivity contribution is 0.0926. The van der Waals surface area contributed by atoms with Crippen molar-refractivity contribution in [2.24, 2.45) is 0 Å². The van der Waals surface area contributed by atoms with Gasteiger partial charge in [0.25, 0.3) is 11.8 Å². The molecule has 1 aliphatic heterocycles. The number of amides is 2. The summed E-state index contributed by atoms with van der Waals surface area (Å²) in [4.78, 5) is 31.5. The summed E-state index contributed by atoms with van der Waals surface area (Å²) in [5.74, 6) is -0.678. The topological polar surface area (TPSA) is 50.3 Å². The van der Waals surface area contributed by atoms with Crippen LogP contribution in [0.3, 0.4) is 0 Å². The number of imide groups is 1. The van der Waals surface area contributed by atoms with Crippen molar-refractivity contribution in [3.05, 3.63) is 69.9 Å². The molecule has 2 amide bonds. The van der Waals surface area contributed by atoms with Crippen molar-refractivity contribution < 1.29 is 9.59 Å². The third-order valence-corrected chi connectivity index (χ3v) is 4.49. The van der Waals surface area contributed by atoms with Crippen molar-refractivity contribution in [1.29, 1.82) is 0 Å². The normalized spacial score (nSPS) is 13.7. The summed E-state index contributed by atoms with van der Waals surface area (Å²) in [6.07, 6.45) is 0. The number of carbonyl (C=O) groups is 2. The van der Waals surface area contributed by atoms with Gasteiger partial charge in [0.1, 0.15) is 0 Å². The number of hydrogen-bond acceptors (Lipinski definition) is 3. The fraction of sp³-hybridized carbons (Fsp3) is 0.105. The van der Waals surface area contributed by atoms with Gasteiger partial charge in [0.15, 0.2) is 0 Å². The molecule has 118 valence electrons. The van der Waals surface area contributed by atoms with Crippen LogP contribution in [0.5, 0.6) is 0 Å². The molecule has 0 saturated carbocycles. The summed E-state index contributed by atoms with van der Waals surface area (Å²) < 4.78 is 0. The van der Waals surface area contributed by atoms with E-state index in [0.29, 0.717) is 38.4 Å². The molecule has 0 saturated heterocycles. The Morgan fingerprint density at radius 3 is 2.29 bits per heavy atom. The molecule has 0 unspecified atom stereocenters. The van der Waals surface area contributed by atoms with Crippen molar-refractivity contribution in [1.82, 2.24) is 4.98 Å². The molecule has 2 aromatic carbocycles. The minimum absolute atomic E-state index is 0.336. The van der Waals surface area contributed by atoms with E-state index in [9.17, 15) is 9.59 Å². The van der Waals surface area contributed by atoms with E-state index in [-0.39, 0.29) is 11.8 Å². The Bertz CT molecular complexity index is 1030. The molecule has 0 radical (unpaired) electrons. The number of anilines is 1. The van der Waals surface area contributed by atoms with Gasteiger partial charge in [-0.3, -0.25) is 14.6 Å². The molecular formula is C19H13ClN2O2. The number of fused-ring (bicyclic) bond motifs is 3. The number of carbonyl (C=O) groups excluding carboxylic acids is 2. The monoisotopic (exact) mass is 336 g/mol. The van der Waals surface area contributed by atoms with Gasteiger partial charge >= 0.3 is 0 Å². The maximum absolute atomic E-state index is 13.0. The van der Waals surface area contributed by atoms with Crippen LogP contribution >= 0.6 is 11.6 Å². The maximum atomic E-state index is 13.0. The molecule has 4 rings (SSSR count). The molecule has 4 nitrogen and oxygen atoms in total. The number of rotatable bonds is 1. The first-order valence-electron chi connectivity index (χ1n) is 7.52. The van der Waals surface area contributed by atoms with Crippen LogP contribution in [0.1, 0.15) is 32.0 Å². The van der Waals surface area contributed by atoms with Gasteiger partial charge in [0.05, 0.1) is 28.0 Å². The number of pyridine rings is 1. The lowest BCUT2D eigenvalue weighted by atomic mass is 10.0. The zero-order chi connectivity index (χ0) is 17.0. The highest BCUT2D eigenvalue weighted by molar-refractivity contribution is 6.38. The van der Waals surface area contributed by atoms with Crippen LogP contribution in [0.25, 0.3) is 10.9 Å². The third-order valence-electron chi connectivity index (χ3n) is 4.25. The van der Waals surface area contributed by atoms with Gasteiger partial charge in [-0.15, -0.1) is 0 Å².